The van der Waals surface area contributed by atoms with Gasteiger partial charge in [-0.3, -0.25) is 24.6 Å². The van der Waals surface area contributed by atoms with Gasteiger partial charge in [0.25, 0.3) is 11.1 Å². The Kier molecular flexibility index (Phi) is 7.81. The van der Waals surface area contributed by atoms with Crippen LogP contribution >= 0.6 is 39.3 Å². The van der Waals surface area contributed by atoms with Gasteiger partial charge in [0.05, 0.1) is 21.9 Å². The third-order valence-electron chi connectivity index (χ3n) is 5.21. The van der Waals surface area contributed by atoms with Crippen LogP contribution in [0.4, 0.5) is 28.0 Å². The lowest BCUT2D eigenvalue weighted by Crippen LogP contribution is -2.28. The fourth-order valence-corrected chi connectivity index (χ4v) is 4.82. The van der Waals surface area contributed by atoms with Crippen LogP contribution in [0.25, 0.3) is 6.08 Å². The second kappa shape index (κ2) is 10.8. The van der Waals surface area contributed by atoms with Crippen LogP contribution in [0.3, 0.4) is 0 Å². The first-order chi connectivity index (χ1) is 17.8. The molecule has 1 aliphatic rings. The molecule has 1 heterocycles. The number of hydrogen-bond acceptors (Lipinski definition) is 6. The lowest BCUT2D eigenvalue weighted by Gasteiger charge is -2.14. The monoisotopic (exact) mass is 630 g/mol. The molecule has 0 saturated carbocycles. The van der Waals surface area contributed by atoms with Gasteiger partial charge in [0.1, 0.15) is 11.6 Å². The molecule has 2 amide bonds. The smallest absolute Gasteiger partial charge is 0.416 e. The molecule has 0 aromatic heterocycles. The van der Waals surface area contributed by atoms with Crippen LogP contribution in [0.2, 0.25) is 5.02 Å². The van der Waals surface area contributed by atoms with Crippen molar-refractivity contribution in [3.8, 4) is 11.5 Å². The van der Waals surface area contributed by atoms with Crippen LogP contribution in [0.15, 0.2) is 64.0 Å². The molecule has 0 spiro atoms. The van der Waals surface area contributed by atoms with Gasteiger partial charge >= 0.3 is 11.9 Å². The lowest BCUT2D eigenvalue weighted by molar-refractivity contribution is -0.385. The number of benzene rings is 3. The number of halogens is 6. The van der Waals surface area contributed by atoms with Crippen molar-refractivity contribution in [1.29, 1.82) is 0 Å². The van der Waals surface area contributed by atoms with Gasteiger partial charge in [-0.05, 0) is 60.3 Å². The van der Waals surface area contributed by atoms with E-state index in [4.69, 9.17) is 16.3 Å². The maximum absolute atomic E-state index is 14.2. The van der Waals surface area contributed by atoms with Crippen molar-refractivity contribution in [2.75, 3.05) is 0 Å². The third kappa shape index (κ3) is 5.84. The zero-order valence-corrected chi connectivity index (χ0v) is 21.8. The number of amides is 2. The van der Waals surface area contributed by atoms with E-state index in [0.29, 0.717) is 28.4 Å². The van der Waals surface area contributed by atoms with E-state index < -0.39 is 51.6 Å². The van der Waals surface area contributed by atoms with Crippen molar-refractivity contribution in [1.82, 2.24) is 4.90 Å². The van der Waals surface area contributed by atoms with Crippen molar-refractivity contribution < 1.29 is 36.8 Å². The molecule has 4 rings (SSSR count). The summed E-state index contributed by atoms with van der Waals surface area (Å²) in [7, 11) is 0. The summed E-state index contributed by atoms with van der Waals surface area (Å²) >= 11 is 9.84. The highest BCUT2D eigenvalue weighted by Crippen LogP contribution is 2.41. The average molecular weight is 632 g/mol. The Balaban J connectivity index is 1.67. The number of carbonyl (C=O) groups excluding carboxylic acids is 2. The van der Waals surface area contributed by atoms with E-state index in [9.17, 15) is 37.3 Å². The fourth-order valence-electron chi connectivity index (χ4n) is 3.39. The van der Waals surface area contributed by atoms with Gasteiger partial charge < -0.3 is 4.74 Å². The maximum Gasteiger partial charge on any atom is 0.416 e. The summed E-state index contributed by atoms with van der Waals surface area (Å²) in [6, 6.07) is 10.1. The summed E-state index contributed by atoms with van der Waals surface area (Å²) in [5.41, 5.74) is -2.01. The molecule has 0 radical (unpaired) electrons. The van der Waals surface area contributed by atoms with Crippen LogP contribution in [0.5, 0.6) is 11.5 Å². The quantitative estimate of drug-likeness (QED) is 0.118. The molecule has 1 aliphatic heterocycles. The molecular formula is C24H12BrClF4N2O5S. The predicted molar refractivity (Wildman–Crippen MR) is 135 cm³/mol. The van der Waals surface area contributed by atoms with Crippen molar-refractivity contribution in [2.24, 2.45) is 0 Å². The summed E-state index contributed by atoms with van der Waals surface area (Å²) in [5, 5.41) is 10.8. The highest BCUT2D eigenvalue weighted by molar-refractivity contribution is 9.10. The standard InChI is InChI=1S/C24H12BrClF4N2O5S/c25-14-5-7-19(37-20-6-4-13(24(28,29)30)10-18(20)32(35)36)12(8-14)9-21-22(33)31(23(34)38-21)11-15-16(26)2-1-3-17(15)27/h1-10H,11H2/b21-9-. The van der Waals surface area contributed by atoms with Crippen molar-refractivity contribution >= 4 is 62.2 Å². The van der Waals surface area contributed by atoms with Gasteiger partial charge in [-0.2, -0.15) is 13.2 Å². The van der Waals surface area contributed by atoms with Gasteiger partial charge in [-0.15, -0.1) is 0 Å². The first-order valence-corrected chi connectivity index (χ1v) is 12.3. The van der Waals surface area contributed by atoms with Crippen LogP contribution < -0.4 is 4.74 Å². The summed E-state index contributed by atoms with van der Waals surface area (Å²) in [5.74, 6) is -1.95. The van der Waals surface area contributed by atoms with Crippen molar-refractivity contribution in [3.63, 3.8) is 0 Å². The van der Waals surface area contributed by atoms with Gasteiger partial charge in [-0.25, -0.2) is 4.39 Å². The molecule has 0 unspecified atom stereocenters. The molecule has 0 atom stereocenters. The zero-order chi connectivity index (χ0) is 27.8. The molecule has 1 saturated heterocycles. The molecule has 1 fully saturated rings. The van der Waals surface area contributed by atoms with Crippen molar-refractivity contribution in [3.05, 3.63) is 102 Å². The number of hydrogen-bond donors (Lipinski definition) is 0. The van der Waals surface area contributed by atoms with E-state index in [1.54, 1.807) is 0 Å². The summed E-state index contributed by atoms with van der Waals surface area (Å²) in [4.78, 5) is 36.7. The largest absolute Gasteiger partial charge is 0.449 e. The Morgan fingerprint density at radius 1 is 1.11 bits per heavy atom. The van der Waals surface area contributed by atoms with E-state index in [1.807, 2.05) is 0 Å². The SMILES string of the molecule is O=C1S/C(=C\c2cc(Br)ccc2Oc2ccc(C(F)(F)F)cc2[N+](=O)[O-])C(=O)N1Cc1c(F)cccc1Cl. The highest BCUT2D eigenvalue weighted by Gasteiger charge is 2.36. The maximum atomic E-state index is 14.2. The number of imide groups is 1. The summed E-state index contributed by atoms with van der Waals surface area (Å²) in [6.07, 6.45) is -3.52. The first kappa shape index (κ1) is 27.6. The van der Waals surface area contributed by atoms with Gasteiger partial charge in [0, 0.05) is 26.7 Å². The molecule has 0 N–H and O–H groups in total. The molecule has 0 aliphatic carbocycles. The minimum absolute atomic E-state index is 0.0360. The number of alkyl halides is 3. The highest BCUT2D eigenvalue weighted by atomic mass is 79.9. The zero-order valence-electron chi connectivity index (χ0n) is 18.6. The van der Waals surface area contributed by atoms with Crippen LogP contribution in [0.1, 0.15) is 16.7 Å². The summed E-state index contributed by atoms with van der Waals surface area (Å²) in [6.45, 7) is -0.410. The Hall–Kier alpha value is -3.42. The fraction of sp³-hybridized carbons (Fsp3) is 0.0833. The normalized spacial score (nSPS) is 14.9. The molecule has 3 aromatic rings. The Morgan fingerprint density at radius 3 is 2.47 bits per heavy atom. The van der Waals surface area contributed by atoms with Crippen molar-refractivity contribution in [2.45, 2.75) is 12.7 Å². The molecule has 196 valence electrons. The topological polar surface area (TPSA) is 89.7 Å². The molecule has 14 heteroatoms. The van der Waals surface area contributed by atoms with E-state index in [-0.39, 0.29) is 26.8 Å². The Morgan fingerprint density at radius 2 is 1.82 bits per heavy atom. The number of ether oxygens (including phenoxy) is 1. The van der Waals surface area contributed by atoms with Crippen LogP contribution in [-0.4, -0.2) is 21.0 Å². The molecule has 7 nitrogen and oxygen atoms in total. The number of thioether (sulfide) groups is 1. The molecule has 0 bridgehead atoms. The van der Waals surface area contributed by atoms with E-state index in [2.05, 4.69) is 15.9 Å². The van der Waals surface area contributed by atoms with Crippen LogP contribution in [0, 0.1) is 15.9 Å². The van der Waals surface area contributed by atoms with Crippen LogP contribution in [-0.2, 0) is 17.5 Å². The Bertz CT molecular complexity index is 1500. The first-order valence-electron chi connectivity index (χ1n) is 10.4. The number of nitrogens with zero attached hydrogens (tertiary/aromatic N) is 2. The second-order valence-corrected chi connectivity index (χ2v) is 10.0. The van der Waals surface area contributed by atoms with E-state index in [1.165, 1.54) is 36.4 Å². The minimum atomic E-state index is -4.80. The minimum Gasteiger partial charge on any atom is -0.449 e. The van der Waals surface area contributed by atoms with Gasteiger partial charge in [0.15, 0.2) is 0 Å². The lowest BCUT2D eigenvalue weighted by atomic mass is 10.1. The predicted octanol–water partition coefficient (Wildman–Crippen LogP) is 8.20. The molecular weight excluding hydrogens is 620 g/mol. The second-order valence-electron chi connectivity index (χ2n) is 7.69. The molecule has 3 aromatic carbocycles. The summed E-state index contributed by atoms with van der Waals surface area (Å²) < 4.78 is 59.4. The van der Waals surface area contributed by atoms with Gasteiger partial charge in [0.2, 0.25) is 5.75 Å². The van der Waals surface area contributed by atoms with E-state index >= 15 is 0 Å². The number of rotatable bonds is 6. The number of carbonyl (C=O) groups is 2. The Labute approximate surface area is 229 Å². The molecule has 38 heavy (non-hydrogen) atoms. The van der Waals surface area contributed by atoms with E-state index in [0.717, 1.165) is 17.0 Å². The number of nitro benzene ring substituents is 1. The number of nitro groups is 1. The third-order valence-corrected chi connectivity index (χ3v) is 6.97. The van der Waals surface area contributed by atoms with Gasteiger partial charge in [-0.1, -0.05) is 33.6 Å². The average Bonchev–Trinajstić information content (AvgIpc) is 3.09.